The van der Waals surface area contributed by atoms with Gasteiger partial charge in [-0.25, -0.2) is 4.98 Å². The number of fused-ring (bicyclic) bond motifs is 1. The summed E-state index contributed by atoms with van der Waals surface area (Å²) in [6, 6.07) is 14.3. The zero-order valence-corrected chi connectivity index (χ0v) is 11.7. The van der Waals surface area contributed by atoms with Gasteiger partial charge >= 0.3 is 0 Å². The molecule has 0 amide bonds. The lowest BCUT2D eigenvalue weighted by atomic mass is 10.0. The Hall–Kier alpha value is -2.46. The highest BCUT2D eigenvalue weighted by Gasteiger charge is 2.16. The van der Waals surface area contributed by atoms with Gasteiger partial charge in [-0.05, 0) is 16.3 Å². The molecule has 21 heavy (non-hydrogen) atoms. The van der Waals surface area contributed by atoms with Crippen molar-refractivity contribution < 1.29 is 9.84 Å². The van der Waals surface area contributed by atoms with Crippen LogP contribution in [0, 0.1) is 0 Å². The second kappa shape index (κ2) is 5.89. The minimum Gasteiger partial charge on any atom is -0.480 e. The maximum Gasteiger partial charge on any atom is 0.238 e. The maximum absolute atomic E-state index is 10.4. The number of methoxy groups -OCH3 is 1. The van der Waals surface area contributed by atoms with Gasteiger partial charge in [0, 0.05) is 18.8 Å². The van der Waals surface area contributed by atoms with Crippen LogP contribution >= 0.6 is 0 Å². The molecule has 0 aliphatic carbocycles. The second-order valence-corrected chi connectivity index (χ2v) is 4.85. The van der Waals surface area contributed by atoms with Crippen molar-refractivity contribution in [1.82, 2.24) is 9.97 Å². The van der Waals surface area contributed by atoms with Crippen LogP contribution in [-0.2, 0) is 6.42 Å². The van der Waals surface area contributed by atoms with Gasteiger partial charge in [0.15, 0.2) is 0 Å². The van der Waals surface area contributed by atoms with E-state index in [9.17, 15) is 5.11 Å². The van der Waals surface area contributed by atoms with Crippen molar-refractivity contribution >= 4 is 10.8 Å². The third-order valence-electron chi connectivity index (χ3n) is 3.44. The number of ether oxygens (including phenoxy) is 1. The van der Waals surface area contributed by atoms with E-state index in [0.29, 0.717) is 18.0 Å². The SMILES string of the molecule is COc1nccnc1C(O)Cc1ccc2ccccc2c1. The van der Waals surface area contributed by atoms with Gasteiger partial charge in [0.05, 0.1) is 7.11 Å². The number of nitrogens with zero attached hydrogens (tertiary/aromatic N) is 2. The first-order chi connectivity index (χ1) is 10.3. The number of hydrogen-bond acceptors (Lipinski definition) is 4. The molecule has 1 heterocycles. The summed E-state index contributed by atoms with van der Waals surface area (Å²) in [6.45, 7) is 0. The Morgan fingerprint density at radius 3 is 2.62 bits per heavy atom. The van der Waals surface area contributed by atoms with Gasteiger partial charge in [-0.1, -0.05) is 42.5 Å². The molecular formula is C17H16N2O2. The number of benzene rings is 2. The van der Waals surface area contributed by atoms with Crippen molar-refractivity contribution in [2.24, 2.45) is 0 Å². The van der Waals surface area contributed by atoms with Crippen LogP contribution in [0.4, 0.5) is 0 Å². The molecular weight excluding hydrogens is 264 g/mol. The minimum atomic E-state index is -0.741. The number of hydrogen-bond donors (Lipinski definition) is 1. The van der Waals surface area contributed by atoms with E-state index in [4.69, 9.17) is 4.74 Å². The van der Waals surface area contributed by atoms with Gasteiger partial charge < -0.3 is 9.84 Å². The molecule has 4 nitrogen and oxygen atoms in total. The molecule has 0 saturated heterocycles. The van der Waals surface area contributed by atoms with E-state index in [1.807, 2.05) is 18.2 Å². The smallest absolute Gasteiger partial charge is 0.238 e. The lowest BCUT2D eigenvalue weighted by Crippen LogP contribution is -2.07. The van der Waals surface area contributed by atoms with Crippen LogP contribution < -0.4 is 4.74 Å². The summed E-state index contributed by atoms with van der Waals surface area (Å²) in [6.07, 6.45) is 2.83. The van der Waals surface area contributed by atoms with E-state index >= 15 is 0 Å². The van der Waals surface area contributed by atoms with Gasteiger partial charge in [-0.2, -0.15) is 0 Å². The minimum absolute atomic E-state index is 0.366. The van der Waals surface area contributed by atoms with E-state index in [-0.39, 0.29) is 0 Å². The molecule has 3 rings (SSSR count). The van der Waals surface area contributed by atoms with Crippen molar-refractivity contribution in [3.05, 3.63) is 66.1 Å². The Balaban J connectivity index is 1.87. The Kier molecular flexibility index (Phi) is 3.79. The summed E-state index contributed by atoms with van der Waals surface area (Å²) in [5.41, 5.74) is 1.52. The topological polar surface area (TPSA) is 55.2 Å². The standard InChI is InChI=1S/C17H16N2O2/c1-21-17-16(18-8-9-19-17)15(20)11-12-6-7-13-4-2-3-5-14(13)10-12/h2-10,15,20H,11H2,1H3. The van der Waals surface area contributed by atoms with Crippen LogP contribution in [0.1, 0.15) is 17.4 Å². The molecule has 0 fully saturated rings. The lowest BCUT2D eigenvalue weighted by molar-refractivity contribution is 0.167. The summed E-state index contributed by atoms with van der Waals surface area (Å²) >= 11 is 0. The van der Waals surface area contributed by atoms with Crippen molar-refractivity contribution in [1.29, 1.82) is 0 Å². The van der Waals surface area contributed by atoms with Crippen LogP contribution in [0.25, 0.3) is 10.8 Å². The molecule has 3 aromatic rings. The fourth-order valence-electron chi connectivity index (χ4n) is 2.41. The molecule has 1 aromatic heterocycles. The first kappa shape index (κ1) is 13.5. The monoisotopic (exact) mass is 280 g/mol. The number of aromatic nitrogens is 2. The Labute approximate surface area is 123 Å². The largest absolute Gasteiger partial charge is 0.480 e. The molecule has 0 saturated carbocycles. The van der Waals surface area contributed by atoms with Crippen molar-refractivity contribution in [3.63, 3.8) is 0 Å². The first-order valence-corrected chi connectivity index (χ1v) is 6.78. The van der Waals surface area contributed by atoms with Gasteiger partial charge in [0.25, 0.3) is 0 Å². The molecule has 2 aromatic carbocycles. The third-order valence-corrected chi connectivity index (χ3v) is 3.44. The predicted molar refractivity (Wildman–Crippen MR) is 81.2 cm³/mol. The molecule has 0 radical (unpaired) electrons. The molecule has 0 spiro atoms. The number of aliphatic hydroxyl groups excluding tert-OH is 1. The fraction of sp³-hybridized carbons (Fsp3) is 0.176. The quantitative estimate of drug-likeness (QED) is 0.798. The Morgan fingerprint density at radius 2 is 1.81 bits per heavy atom. The molecule has 1 N–H and O–H groups in total. The predicted octanol–water partition coefficient (Wildman–Crippen LogP) is 2.91. The lowest BCUT2D eigenvalue weighted by Gasteiger charge is -2.13. The van der Waals surface area contributed by atoms with Crippen LogP contribution in [0.15, 0.2) is 54.9 Å². The van der Waals surface area contributed by atoms with E-state index < -0.39 is 6.10 Å². The highest BCUT2D eigenvalue weighted by molar-refractivity contribution is 5.83. The maximum atomic E-state index is 10.4. The average Bonchev–Trinajstić information content (AvgIpc) is 2.54. The summed E-state index contributed by atoms with van der Waals surface area (Å²) in [4.78, 5) is 8.24. The van der Waals surface area contributed by atoms with Crippen molar-refractivity contribution in [3.8, 4) is 5.88 Å². The van der Waals surface area contributed by atoms with Crippen LogP contribution in [0.5, 0.6) is 5.88 Å². The van der Waals surface area contributed by atoms with Crippen molar-refractivity contribution in [2.45, 2.75) is 12.5 Å². The molecule has 1 atom stereocenters. The summed E-state index contributed by atoms with van der Waals surface area (Å²) in [7, 11) is 1.52. The van der Waals surface area contributed by atoms with E-state index in [1.165, 1.54) is 12.5 Å². The van der Waals surface area contributed by atoms with E-state index in [0.717, 1.165) is 10.9 Å². The third kappa shape index (κ3) is 2.85. The highest BCUT2D eigenvalue weighted by Crippen LogP contribution is 2.24. The molecule has 106 valence electrons. The number of rotatable bonds is 4. The first-order valence-electron chi connectivity index (χ1n) is 6.78. The van der Waals surface area contributed by atoms with Crippen molar-refractivity contribution in [2.75, 3.05) is 7.11 Å². The Bertz CT molecular complexity index is 758. The van der Waals surface area contributed by atoms with Crippen LogP contribution in [0.2, 0.25) is 0 Å². The summed E-state index contributed by atoms with van der Waals surface area (Å²) in [5, 5.41) is 12.7. The van der Waals surface area contributed by atoms with Gasteiger partial charge in [0.1, 0.15) is 11.8 Å². The van der Waals surface area contributed by atoms with Gasteiger partial charge in [-0.15, -0.1) is 0 Å². The van der Waals surface area contributed by atoms with E-state index in [1.54, 1.807) is 12.4 Å². The second-order valence-electron chi connectivity index (χ2n) is 4.85. The van der Waals surface area contributed by atoms with E-state index in [2.05, 4.69) is 34.2 Å². The fourth-order valence-corrected chi connectivity index (χ4v) is 2.41. The highest BCUT2D eigenvalue weighted by atomic mass is 16.5. The van der Waals surface area contributed by atoms with Crippen LogP contribution in [0.3, 0.4) is 0 Å². The van der Waals surface area contributed by atoms with Crippen LogP contribution in [-0.4, -0.2) is 22.2 Å². The zero-order chi connectivity index (χ0) is 14.7. The molecule has 0 aliphatic rings. The molecule has 1 unspecified atom stereocenters. The van der Waals surface area contributed by atoms with Gasteiger partial charge in [-0.3, -0.25) is 4.98 Å². The Morgan fingerprint density at radius 1 is 1.05 bits per heavy atom. The normalized spacial score (nSPS) is 12.3. The average molecular weight is 280 g/mol. The summed E-state index contributed by atoms with van der Waals surface area (Å²) in [5.74, 6) is 0.366. The summed E-state index contributed by atoms with van der Waals surface area (Å²) < 4.78 is 5.14. The zero-order valence-electron chi connectivity index (χ0n) is 11.7. The molecule has 0 bridgehead atoms. The molecule has 4 heteroatoms. The number of aliphatic hydroxyl groups is 1. The molecule has 0 aliphatic heterocycles. The van der Waals surface area contributed by atoms with Gasteiger partial charge in [0.2, 0.25) is 5.88 Å².